The van der Waals surface area contributed by atoms with Gasteiger partial charge in [-0.2, -0.15) is 0 Å². The molecule has 0 bridgehead atoms. The lowest BCUT2D eigenvalue weighted by Gasteiger charge is -2.20. The minimum absolute atomic E-state index is 0.105. The van der Waals surface area contributed by atoms with E-state index < -0.39 is 0 Å². The zero-order valence-electron chi connectivity index (χ0n) is 18.3. The Morgan fingerprint density at radius 1 is 0.774 bits per heavy atom. The maximum atomic E-state index is 6.37. The topological polar surface area (TPSA) is 36.9 Å². The van der Waals surface area contributed by atoms with Crippen molar-refractivity contribution in [2.75, 3.05) is 26.9 Å². The Morgan fingerprint density at radius 3 is 2.13 bits per heavy atom. The normalized spacial score (nSPS) is 14.1. The summed E-state index contributed by atoms with van der Waals surface area (Å²) < 4.78 is 23.6. The Balaban J connectivity index is 1.45. The molecule has 0 unspecified atom stereocenters. The highest BCUT2D eigenvalue weighted by Gasteiger charge is 2.44. The van der Waals surface area contributed by atoms with Crippen molar-refractivity contribution in [3.63, 3.8) is 0 Å². The first-order chi connectivity index (χ1) is 15.2. The molecule has 3 aromatic rings. The summed E-state index contributed by atoms with van der Waals surface area (Å²) in [7, 11) is 1.67. The summed E-state index contributed by atoms with van der Waals surface area (Å²) in [6.45, 7) is 4.59. The van der Waals surface area contributed by atoms with Gasteiger partial charge in [0.25, 0.3) is 0 Å². The van der Waals surface area contributed by atoms with Gasteiger partial charge in [-0.1, -0.05) is 48.5 Å². The molecule has 0 aromatic heterocycles. The van der Waals surface area contributed by atoms with Crippen LogP contribution in [0.2, 0.25) is 0 Å². The molecule has 0 amide bonds. The molecule has 0 N–H and O–H groups in total. The lowest BCUT2D eigenvalue weighted by Crippen LogP contribution is -2.19. The van der Waals surface area contributed by atoms with Gasteiger partial charge in [0, 0.05) is 5.41 Å². The first kappa shape index (κ1) is 21.3. The van der Waals surface area contributed by atoms with E-state index >= 15 is 0 Å². The molecule has 0 heterocycles. The highest BCUT2D eigenvalue weighted by atomic mass is 16.5. The van der Waals surface area contributed by atoms with Crippen molar-refractivity contribution in [3.8, 4) is 28.4 Å². The van der Waals surface area contributed by atoms with E-state index in [1.54, 1.807) is 7.11 Å². The third-order valence-electron chi connectivity index (χ3n) is 5.68. The van der Waals surface area contributed by atoms with Gasteiger partial charge in [0.1, 0.15) is 17.2 Å². The lowest BCUT2D eigenvalue weighted by molar-refractivity contribution is 0.0569. The van der Waals surface area contributed by atoms with E-state index in [0.29, 0.717) is 26.4 Å². The van der Waals surface area contributed by atoms with Crippen LogP contribution in [0.15, 0.2) is 72.8 Å². The highest BCUT2D eigenvalue weighted by molar-refractivity contribution is 5.77. The van der Waals surface area contributed by atoms with Gasteiger partial charge in [0.15, 0.2) is 0 Å². The number of hydrogen-bond acceptors (Lipinski definition) is 4. The van der Waals surface area contributed by atoms with E-state index in [9.17, 15) is 0 Å². The molecule has 1 aliphatic rings. The van der Waals surface area contributed by atoms with E-state index in [1.807, 2.05) is 67.6 Å². The van der Waals surface area contributed by atoms with Crippen LogP contribution in [0.25, 0.3) is 11.1 Å². The summed E-state index contributed by atoms with van der Waals surface area (Å²) in [5.41, 5.74) is 3.33. The van der Waals surface area contributed by atoms with Gasteiger partial charge in [-0.25, -0.2) is 0 Å². The van der Waals surface area contributed by atoms with Crippen LogP contribution in [0, 0.1) is 5.41 Å². The second-order valence-corrected chi connectivity index (χ2v) is 8.06. The van der Waals surface area contributed by atoms with E-state index in [4.69, 9.17) is 18.9 Å². The molecule has 162 valence electrons. The zero-order chi connectivity index (χ0) is 21.5. The lowest BCUT2D eigenvalue weighted by atomic mass is 10.0. The SMILES string of the molecule is CCOc1cccc(OCC2(COCc3ccccc3)CC2)c1-c1ccc(OC)cc1. The smallest absolute Gasteiger partial charge is 0.130 e. The number of benzene rings is 3. The van der Waals surface area contributed by atoms with Crippen LogP contribution in [-0.4, -0.2) is 26.9 Å². The summed E-state index contributed by atoms with van der Waals surface area (Å²) in [5.74, 6) is 2.49. The van der Waals surface area contributed by atoms with Crippen LogP contribution < -0.4 is 14.2 Å². The fraction of sp³-hybridized carbons (Fsp3) is 0.333. The predicted molar refractivity (Wildman–Crippen MR) is 123 cm³/mol. The van der Waals surface area contributed by atoms with Crippen molar-refractivity contribution in [2.45, 2.75) is 26.4 Å². The molecule has 4 rings (SSSR count). The molecule has 31 heavy (non-hydrogen) atoms. The third-order valence-corrected chi connectivity index (χ3v) is 5.68. The Hall–Kier alpha value is -2.98. The van der Waals surface area contributed by atoms with Gasteiger partial charge >= 0.3 is 0 Å². The Bertz CT molecular complexity index is 962. The molecule has 1 aliphatic carbocycles. The second-order valence-electron chi connectivity index (χ2n) is 8.06. The fourth-order valence-corrected chi connectivity index (χ4v) is 3.65. The fourth-order valence-electron chi connectivity index (χ4n) is 3.65. The molecule has 1 fully saturated rings. The number of ether oxygens (including phenoxy) is 4. The minimum atomic E-state index is 0.105. The van der Waals surface area contributed by atoms with Crippen LogP contribution in [0.5, 0.6) is 17.2 Å². The van der Waals surface area contributed by atoms with Crippen LogP contribution in [0.4, 0.5) is 0 Å². The molecule has 4 nitrogen and oxygen atoms in total. The average molecular weight is 419 g/mol. The molecule has 0 atom stereocenters. The predicted octanol–water partition coefficient (Wildman–Crippen LogP) is 6.14. The van der Waals surface area contributed by atoms with Crippen molar-refractivity contribution in [1.29, 1.82) is 0 Å². The first-order valence-corrected chi connectivity index (χ1v) is 10.9. The number of rotatable bonds is 11. The van der Waals surface area contributed by atoms with Crippen LogP contribution in [0.3, 0.4) is 0 Å². The first-order valence-electron chi connectivity index (χ1n) is 10.9. The summed E-state index contributed by atoms with van der Waals surface area (Å²) in [6, 6.07) is 24.3. The summed E-state index contributed by atoms with van der Waals surface area (Å²) in [4.78, 5) is 0. The quantitative estimate of drug-likeness (QED) is 0.375. The van der Waals surface area contributed by atoms with Crippen molar-refractivity contribution in [1.82, 2.24) is 0 Å². The van der Waals surface area contributed by atoms with Crippen LogP contribution in [-0.2, 0) is 11.3 Å². The van der Waals surface area contributed by atoms with Gasteiger partial charge in [0.05, 0.1) is 39.1 Å². The molecule has 0 aliphatic heterocycles. The van der Waals surface area contributed by atoms with Crippen LogP contribution in [0.1, 0.15) is 25.3 Å². The minimum Gasteiger partial charge on any atom is -0.497 e. The van der Waals surface area contributed by atoms with E-state index in [1.165, 1.54) is 5.56 Å². The van der Waals surface area contributed by atoms with Gasteiger partial charge in [-0.15, -0.1) is 0 Å². The molecule has 4 heteroatoms. The van der Waals surface area contributed by atoms with E-state index in [0.717, 1.165) is 41.2 Å². The Labute approximate surface area is 184 Å². The standard InChI is InChI=1S/C27H30O4/c1-3-30-24-10-7-11-25(26(24)22-12-14-23(28-2)15-13-22)31-20-27(16-17-27)19-29-18-21-8-5-4-6-9-21/h4-15H,3,16-20H2,1-2H3. The second kappa shape index (κ2) is 9.88. The molecule has 3 aromatic carbocycles. The van der Waals surface area contributed by atoms with E-state index in [-0.39, 0.29) is 5.41 Å². The molecule has 0 saturated heterocycles. The van der Waals surface area contributed by atoms with Gasteiger partial charge in [-0.3, -0.25) is 0 Å². The zero-order valence-corrected chi connectivity index (χ0v) is 18.3. The van der Waals surface area contributed by atoms with E-state index in [2.05, 4.69) is 12.1 Å². The van der Waals surface area contributed by atoms with Gasteiger partial charge in [0.2, 0.25) is 0 Å². The molecule has 1 saturated carbocycles. The Morgan fingerprint density at radius 2 is 1.48 bits per heavy atom. The summed E-state index contributed by atoms with van der Waals surface area (Å²) in [6.07, 6.45) is 2.26. The Kier molecular flexibility index (Phi) is 6.78. The maximum absolute atomic E-state index is 6.37. The highest BCUT2D eigenvalue weighted by Crippen LogP contribution is 2.47. The molecular formula is C27H30O4. The van der Waals surface area contributed by atoms with Crippen molar-refractivity contribution < 1.29 is 18.9 Å². The van der Waals surface area contributed by atoms with Gasteiger partial charge in [-0.05, 0) is 55.2 Å². The number of hydrogen-bond donors (Lipinski definition) is 0. The monoisotopic (exact) mass is 418 g/mol. The number of methoxy groups -OCH3 is 1. The molecular weight excluding hydrogens is 388 g/mol. The van der Waals surface area contributed by atoms with Crippen molar-refractivity contribution in [2.24, 2.45) is 5.41 Å². The van der Waals surface area contributed by atoms with Gasteiger partial charge < -0.3 is 18.9 Å². The summed E-state index contributed by atoms with van der Waals surface area (Å²) >= 11 is 0. The summed E-state index contributed by atoms with van der Waals surface area (Å²) in [5, 5.41) is 0. The largest absolute Gasteiger partial charge is 0.497 e. The third kappa shape index (κ3) is 5.39. The average Bonchev–Trinajstić information content (AvgIpc) is 3.59. The molecule has 0 spiro atoms. The van der Waals surface area contributed by atoms with Crippen molar-refractivity contribution >= 4 is 0 Å². The van der Waals surface area contributed by atoms with Crippen LogP contribution >= 0.6 is 0 Å². The van der Waals surface area contributed by atoms with Crippen molar-refractivity contribution in [3.05, 3.63) is 78.4 Å². The molecule has 0 radical (unpaired) electrons. The maximum Gasteiger partial charge on any atom is 0.130 e.